The second-order valence-electron chi connectivity index (χ2n) is 4.66. The molecule has 0 aromatic carbocycles. The van der Waals surface area contributed by atoms with Gasteiger partial charge in [-0.3, -0.25) is 5.43 Å². The maximum atomic E-state index is 11.6. The summed E-state index contributed by atoms with van der Waals surface area (Å²) >= 11 is 0. The van der Waals surface area contributed by atoms with Crippen LogP contribution in [-0.2, 0) is 10.2 Å². The Labute approximate surface area is 85.4 Å². The minimum Gasteiger partial charge on any atom is -0.290 e. The van der Waals surface area contributed by atoms with E-state index in [1.807, 2.05) is 34.6 Å². The van der Waals surface area contributed by atoms with Gasteiger partial charge in [0.15, 0.2) is 0 Å². The lowest BCUT2D eigenvalue weighted by atomic mass is 10.1. The van der Waals surface area contributed by atoms with Crippen LogP contribution in [0.1, 0.15) is 34.6 Å². The summed E-state index contributed by atoms with van der Waals surface area (Å²) in [5, 5.41) is 0. The van der Waals surface area contributed by atoms with Crippen LogP contribution >= 0.6 is 0 Å². The third-order valence-corrected chi connectivity index (χ3v) is 3.34. The van der Waals surface area contributed by atoms with Gasteiger partial charge in [-0.1, -0.05) is 18.3 Å². The van der Waals surface area contributed by atoms with Crippen LogP contribution in [0.2, 0.25) is 0 Å². The van der Waals surface area contributed by atoms with E-state index in [-0.39, 0.29) is 5.92 Å². The molecule has 1 aliphatic heterocycles. The van der Waals surface area contributed by atoms with E-state index in [1.165, 1.54) is 4.41 Å². The molecule has 0 spiro atoms. The van der Waals surface area contributed by atoms with Gasteiger partial charge >= 0.3 is 10.2 Å². The van der Waals surface area contributed by atoms with E-state index in [0.29, 0.717) is 5.84 Å². The summed E-state index contributed by atoms with van der Waals surface area (Å²) in [6.07, 6.45) is 0. The largest absolute Gasteiger partial charge is 0.341 e. The normalized spacial score (nSPS) is 22.3. The molecule has 0 unspecified atom stereocenters. The zero-order valence-electron chi connectivity index (χ0n) is 9.20. The summed E-state index contributed by atoms with van der Waals surface area (Å²) in [5.74, 6) is 0.581. The molecule has 0 atom stereocenters. The Bertz CT molecular complexity index is 351. The fourth-order valence-electron chi connectivity index (χ4n) is 1.10. The van der Waals surface area contributed by atoms with E-state index in [4.69, 9.17) is 0 Å². The highest BCUT2D eigenvalue weighted by molar-refractivity contribution is 7.88. The lowest BCUT2D eigenvalue weighted by molar-refractivity contribution is 0.224. The van der Waals surface area contributed by atoms with Crippen molar-refractivity contribution in [1.82, 2.24) is 9.84 Å². The zero-order chi connectivity index (χ0) is 11.1. The molecule has 14 heavy (non-hydrogen) atoms. The second-order valence-corrected chi connectivity index (χ2v) is 6.10. The Morgan fingerprint density at radius 2 is 1.86 bits per heavy atom. The molecule has 0 aliphatic carbocycles. The van der Waals surface area contributed by atoms with Crippen molar-refractivity contribution >= 4 is 16.0 Å². The third kappa shape index (κ3) is 2.06. The minimum atomic E-state index is -3.53. The predicted molar refractivity (Wildman–Crippen MR) is 55.9 cm³/mol. The molecule has 82 valence electrons. The lowest BCUT2D eigenvalue weighted by Gasteiger charge is -2.29. The van der Waals surface area contributed by atoms with Crippen LogP contribution < -0.4 is 5.43 Å². The molecule has 0 saturated heterocycles. The maximum Gasteiger partial charge on any atom is 0.341 e. The fourth-order valence-corrected chi connectivity index (χ4v) is 2.58. The van der Waals surface area contributed by atoms with Crippen LogP contribution in [0, 0.1) is 5.92 Å². The van der Waals surface area contributed by atoms with Gasteiger partial charge in [-0.2, -0.15) is 8.42 Å². The van der Waals surface area contributed by atoms with Crippen LogP contribution in [0.4, 0.5) is 0 Å². The molecule has 0 aromatic heterocycles. The molecule has 5 nitrogen and oxygen atoms in total. The first-order valence-corrected chi connectivity index (χ1v) is 5.96. The van der Waals surface area contributed by atoms with Gasteiger partial charge in [-0.25, -0.2) is 0 Å². The lowest BCUT2D eigenvalue weighted by Crippen LogP contribution is -2.51. The number of hydrazine groups is 1. The quantitative estimate of drug-likeness (QED) is 0.713. The molecule has 0 bridgehead atoms. The molecule has 1 N–H and O–H groups in total. The van der Waals surface area contributed by atoms with Crippen LogP contribution in [0.25, 0.3) is 0 Å². The summed E-state index contributed by atoms with van der Waals surface area (Å²) in [4.78, 5) is 0. The fraction of sp³-hybridized carbons (Fsp3) is 0.875. The number of amidine groups is 1. The first-order chi connectivity index (χ1) is 6.14. The predicted octanol–water partition coefficient (Wildman–Crippen LogP) is 0.904. The number of rotatable bonds is 1. The van der Waals surface area contributed by atoms with E-state index in [0.717, 1.165) is 0 Å². The number of hydrogen-bond acceptors (Lipinski definition) is 3. The Hall–Kier alpha value is -0.620. The molecule has 0 amide bonds. The molecule has 0 radical (unpaired) electrons. The molecular formula is C8H17N3O2S. The van der Waals surface area contributed by atoms with Gasteiger partial charge in [-0.15, -0.1) is 4.40 Å². The van der Waals surface area contributed by atoms with E-state index in [2.05, 4.69) is 9.82 Å². The topological polar surface area (TPSA) is 61.8 Å². The van der Waals surface area contributed by atoms with E-state index < -0.39 is 15.7 Å². The van der Waals surface area contributed by atoms with Gasteiger partial charge in [0.05, 0.1) is 0 Å². The average molecular weight is 219 g/mol. The Morgan fingerprint density at radius 3 is 2.07 bits per heavy atom. The van der Waals surface area contributed by atoms with Crippen molar-refractivity contribution in [3.05, 3.63) is 0 Å². The third-order valence-electron chi connectivity index (χ3n) is 1.82. The number of nitrogens with one attached hydrogen (secondary N) is 1. The van der Waals surface area contributed by atoms with E-state index in [9.17, 15) is 8.42 Å². The summed E-state index contributed by atoms with van der Waals surface area (Å²) in [6.45, 7) is 9.24. The van der Waals surface area contributed by atoms with Crippen molar-refractivity contribution in [2.45, 2.75) is 40.2 Å². The Balaban J connectivity index is 3.02. The molecule has 0 fully saturated rings. The monoisotopic (exact) mass is 219 g/mol. The van der Waals surface area contributed by atoms with Gasteiger partial charge in [-0.05, 0) is 20.8 Å². The maximum absolute atomic E-state index is 11.6. The highest BCUT2D eigenvalue weighted by atomic mass is 32.2. The Morgan fingerprint density at radius 1 is 1.36 bits per heavy atom. The molecule has 6 heteroatoms. The van der Waals surface area contributed by atoms with Gasteiger partial charge in [0, 0.05) is 11.5 Å². The van der Waals surface area contributed by atoms with Gasteiger partial charge in [0.1, 0.15) is 5.84 Å². The van der Waals surface area contributed by atoms with Gasteiger partial charge in [0.2, 0.25) is 0 Å². The second kappa shape index (κ2) is 3.20. The Kier molecular flexibility index (Phi) is 2.62. The molecule has 0 aromatic rings. The SMILES string of the molecule is CC(C)C1=NS(=O)(=O)N(C(C)(C)C)N1. The van der Waals surface area contributed by atoms with Gasteiger partial charge in [0.25, 0.3) is 0 Å². The van der Waals surface area contributed by atoms with Crippen LogP contribution in [0.5, 0.6) is 0 Å². The van der Waals surface area contributed by atoms with Crippen molar-refractivity contribution in [2.24, 2.45) is 10.3 Å². The molecular weight excluding hydrogens is 202 g/mol. The zero-order valence-corrected chi connectivity index (χ0v) is 10.0. The summed E-state index contributed by atoms with van der Waals surface area (Å²) in [7, 11) is -3.53. The summed E-state index contributed by atoms with van der Waals surface area (Å²) < 4.78 is 28.1. The molecule has 0 saturated carbocycles. The molecule has 1 heterocycles. The molecule has 1 aliphatic rings. The summed E-state index contributed by atoms with van der Waals surface area (Å²) in [6, 6.07) is 0. The van der Waals surface area contributed by atoms with Crippen molar-refractivity contribution in [2.75, 3.05) is 0 Å². The van der Waals surface area contributed by atoms with E-state index >= 15 is 0 Å². The van der Waals surface area contributed by atoms with Crippen molar-refractivity contribution < 1.29 is 8.42 Å². The average Bonchev–Trinajstić information content (AvgIpc) is 2.24. The van der Waals surface area contributed by atoms with Crippen molar-refractivity contribution in [1.29, 1.82) is 0 Å². The highest BCUT2D eigenvalue weighted by Crippen LogP contribution is 2.21. The van der Waals surface area contributed by atoms with Crippen LogP contribution in [0.3, 0.4) is 0 Å². The first-order valence-electron chi connectivity index (χ1n) is 4.56. The molecule has 1 rings (SSSR count). The minimum absolute atomic E-state index is 0.0807. The van der Waals surface area contributed by atoms with Crippen LogP contribution in [0.15, 0.2) is 4.40 Å². The van der Waals surface area contributed by atoms with Crippen molar-refractivity contribution in [3.63, 3.8) is 0 Å². The van der Waals surface area contributed by atoms with Gasteiger partial charge < -0.3 is 0 Å². The highest BCUT2D eigenvalue weighted by Gasteiger charge is 2.39. The van der Waals surface area contributed by atoms with Crippen LogP contribution in [-0.4, -0.2) is 24.2 Å². The van der Waals surface area contributed by atoms with E-state index in [1.54, 1.807) is 0 Å². The number of hydrogen-bond donors (Lipinski definition) is 1. The number of nitrogens with zero attached hydrogens (tertiary/aromatic N) is 2. The smallest absolute Gasteiger partial charge is 0.290 e. The standard InChI is InChI=1S/C8H17N3O2S/c1-6(2)7-9-11(8(3,4)5)14(12,13)10-7/h6H,1-5H3,(H,9,10). The summed E-state index contributed by atoms with van der Waals surface area (Å²) in [5.41, 5.74) is 2.31. The first kappa shape index (κ1) is 11.5. The van der Waals surface area contributed by atoms with Crippen molar-refractivity contribution in [3.8, 4) is 0 Å².